The number of aromatic nitrogens is 3. The zero-order valence-corrected chi connectivity index (χ0v) is 13.9. The Morgan fingerprint density at radius 2 is 1.91 bits per heavy atom. The maximum absolute atomic E-state index is 14.0. The summed E-state index contributed by atoms with van der Waals surface area (Å²) in [7, 11) is 3.26. The first kappa shape index (κ1) is 15.8. The minimum absolute atomic E-state index is 0.177. The molecule has 0 saturated carbocycles. The van der Waals surface area contributed by atoms with Crippen LogP contribution in [0.2, 0.25) is 10.0 Å². The highest BCUT2D eigenvalue weighted by Gasteiger charge is 2.17. The molecule has 0 radical (unpaired) electrons. The highest BCUT2D eigenvalue weighted by Crippen LogP contribution is 2.32. The van der Waals surface area contributed by atoms with Crippen molar-refractivity contribution in [2.45, 2.75) is 0 Å². The zero-order chi connectivity index (χ0) is 16.6. The lowest BCUT2D eigenvalue weighted by Gasteiger charge is -2.05. The normalized spacial score (nSPS) is 10.8. The van der Waals surface area contributed by atoms with Gasteiger partial charge in [0.15, 0.2) is 11.6 Å². The number of methoxy groups -OCH3 is 1. The molecular weight excluding hydrogens is 340 g/mol. The van der Waals surface area contributed by atoms with Crippen molar-refractivity contribution in [1.82, 2.24) is 14.8 Å². The van der Waals surface area contributed by atoms with Crippen molar-refractivity contribution in [3.63, 3.8) is 0 Å². The van der Waals surface area contributed by atoms with Crippen LogP contribution < -0.4 is 4.74 Å². The average Bonchev–Trinajstić information content (AvgIpc) is 2.88. The smallest absolute Gasteiger partial charge is 0.186 e. The molecule has 0 bridgehead atoms. The lowest BCUT2D eigenvalue weighted by atomic mass is 10.2. The summed E-state index contributed by atoms with van der Waals surface area (Å²) in [5.74, 6) is 0.860. The van der Waals surface area contributed by atoms with Crippen LogP contribution in [0.1, 0.15) is 0 Å². The lowest BCUT2D eigenvalue weighted by molar-refractivity contribution is 0.415. The summed E-state index contributed by atoms with van der Waals surface area (Å²) in [5.41, 5.74) is 0.917. The van der Waals surface area contributed by atoms with Crippen LogP contribution in [0.25, 0.3) is 22.8 Å². The number of ether oxygens (including phenoxy) is 1. The molecule has 3 aromatic rings. The van der Waals surface area contributed by atoms with Gasteiger partial charge in [0.05, 0.1) is 22.7 Å². The minimum Gasteiger partial charge on any atom is -0.495 e. The van der Waals surface area contributed by atoms with Gasteiger partial charge < -0.3 is 4.74 Å². The summed E-state index contributed by atoms with van der Waals surface area (Å²) in [4.78, 5) is 4.40. The third-order valence-electron chi connectivity index (χ3n) is 3.36. The van der Waals surface area contributed by atoms with Gasteiger partial charge >= 0.3 is 0 Å². The predicted octanol–water partition coefficient (Wildman–Crippen LogP) is 4.60. The van der Waals surface area contributed by atoms with E-state index in [1.54, 1.807) is 37.0 Å². The van der Waals surface area contributed by atoms with E-state index in [4.69, 9.17) is 27.9 Å². The Kier molecular flexibility index (Phi) is 4.24. The molecule has 0 spiro atoms. The van der Waals surface area contributed by atoms with Crippen molar-refractivity contribution in [3.05, 3.63) is 52.3 Å². The van der Waals surface area contributed by atoms with E-state index in [0.717, 1.165) is 5.56 Å². The van der Waals surface area contributed by atoms with E-state index in [2.05, 4.69) is 10.1 Å². The van der Waals surface area contributed by atoms with Gasteiger partial charge in [0.25, 0.3) is 0 Å². The van der Waals surface area contributed by atoms with Gasteiger partial charge in [0.1, 0.15) is 11.6 Å². The summed E-state index contributed by atoms with van der Waals surface area (Å²) in [6.07, 6.45) is 0. The molecule has 1 heterocycles. The van der Waals surface area contributed by atoms with Crippen molar-refractivity contribution in [1.29, 1.82) is 0 Å². The standard InChI is InChI=1S/C16H12Cl2FN3O/c1-22-16(9-6-7-13(23-2)11(18)8-9)20-15(21-22)14-10(17)4-3-5-12(14)19/h3-8H,1-2H3. The lowest BCUT2D eigenvalue weighted by Crippen LogP contribution is -1.95. The number of benzene rings is 2. The number of nitrogens with zero attached hydrogens (tertiary/aromatic N) is 3. The van der Waals surface area contributed by atoms with Gasteiger partial charge in [0, 0.05) is 12.6 Å². The number of hydrogen-bond donors (Lipinski definition) is 0. The fourth-order valence-corrected chi connectivity index (χ4v) is 2.76. The van der Waals surface area contributed by atoms with Gasteiger partial charge in [-0.2, -0.15) is 5.10 Å². The van der Waals surface area contributed by atoms with Gasteiger partial charge in [-0.1, -0.05) is 29.3 Å². The van der Waals surface area contributed by atoms with Crippen molar-refractivity contribution in [2.75, 3.05) is 7.11 Å². The number of rotatable bonds is 3. The number of aryl methyl sites for hydroxylation is 1. The molecule has 0 aliphatic heterocycles. The van der Waals surface area contributed by atoms with Crippen molar-refractivity contribution < 1.29 is 9.13 Å². The highest BCUT2D eigenvalue weighted by molar-refractivity contribution is 6.33. The quantitative estimate of drug-likeness (QED) is 0.691. The van der Waals surface area contributed by atoms with Gasteiger partial charge in [-0.15, -0.1) is 0 Å². The molecule has 1 aromatic heterocycles. The molecular formula is C16H12Cl2FN3O. The molecule has 0 unspecified atom stereocenters. The molecule has 0 fully saturated rings. The van der Waals surface area contributed by atoms with Crippen molar-refractivity contribution in [3.8, 4) is 28.5 Å². The summed E-state index contributed by atoms with van der Waals surface area (Å²) >= 11 is 12.2. The van der Waals surface area contributed by atoms with E-state index >= 15 is 0 Å². The Labute approximate surface area is 142 Å². The first-order chi connectivity index (χ1) is 11.0. The topological polar surface area (TPSA) is 39.9 Å². The molecule has 0 aliphatic rings. The van der Waals surface area contributed by atoms with Crippen LogP contribution in [-0.2, 0) is 7.05 Å². The monoisotopic (exact) mass is 351 g/mol. The average molecular weight is 352 g/mol. The molecule has 118 valence electrons. The molecule has 0 atom stereocenters. The van der Waals surface area contributed by atoms with Gasteiger partial charge in [-0.05, 0) is 30.3 Å². The van der Waals surface area contributed by atoms with Crippen LogP contribution in [0, 0.1) is 5.82 Å². The van der Waals surface area contributed by atoms with Crippen molar-refractivity contribution in [2.24, 2.45) is 7.05 Å². The van der Waals surface area contributed by atoms with Crippen LogP contribution in [0.3, 0.4) is 0 Å². The van der Waals surface area contributed by atoms with E-state index < -0.39 is 5.82 Å². The Balaban J connectivity index is 2.10. The van der Waals surface area contributed by atoms with E-state index in [0.29, 0.717) is 16.6 Å². The molecule has 0 saturated heterocycles. The fourth-order valence-electron chi connectivity index (χ4n) is 2.26. The van der Waals surface area contributed by atoms with Crippen molar-refractivity contribution >= 4 is 23.2 Å². The largest absolute Gasteiger partial charge is 0.495 e. The molecule has 0 N–H and O–H groups in total. The van der Waals surface area contributed by atoms with Crippen LogP contribution in [0.15, 0.2) is 36.4 Å². The fraction of sp³-hybridized carbons (Fsp3) is 0.125. The molecule has 3 rings (SSSR count). The first-order valence-corrected chi connectivity index (χ1v) is 7.46. The minimum atomic E-state index is -0.470. The number of hydrogen-bond acceptors (Lipinski definition) is 3. The summed E-state index contributed by atoms with van der Waals surface area (Å²) in [6.45, 7) is 0. The van der Waals surface area contributed by atoms with Gasteiger partial charge in [-0.25, -0.2) is 14.1 Å². The predicted molar refractivity (Wildman–Crippen MR) is 88.4 cm³/mol. The maximum Gasteiger partial charge on any atom is 0.186 e. The number of halogens is 3. The maximum atomic E-state index is 14.0. The van der Waals surface area contributed by atoms with Crippen LogP contribution in [0.4, 0.5) is 4.39 Å². The SMILES string of the molecule is COc1ccc(-c2nc(-c3c(F)cccc3Cl)nn2C)cc1Cl. The third kappa shape index (κ3) is 2.90. The second kappa shape index (κ2) is 6.18. The van der Waals surface area contributed by atoms with E-state index in [9.17, 15) is 4.39 Å². The summed E-state index contributed by atoms with van der Waals surface area (Å²) in [5, 5.41) is 4.97. The Morgan fingerprint density at radius 3 is 2.57 bits per heavy atom. The van der Waals surface area contributed by atoms with Crippen LogP contribution >= 0.6 is 23.2 Å². The summed E-state index contributed by atoms with van der Waals surface area (Å²) < 4.78 is 20.7. The Bertz CT molecular complexity index is 860. The zero-order valence-electron chi connectivity index (χ0n) is 12.3. The third-order valence-corrected chi connectivity index (χ3v) is 3.97. The van der Waals surface area contributed by atoms with Gasteiger partial charge in [0.2, 0.25) is 0 Å². The Morgan fingerprint density at radius 1 is 1.13 bits per heavy atom. The molecule has 0 amide bonds. The van der Waals surface area contributed by atoms with E-state index in [1.165, 1.54) is 12.1 Å². The molecule has 2 aromatic carbocycles. The van der Waals surface area contributed by atoms with Crippen LogP contribution in [0.5, 0.6) is 5.75 Å². The molecule has 23 heavy (non-hydrogen) atoms. The molecule has 0 aliphatic carbocycles. The highest BCUT2D eigenvalue weighted by atomic mass is 35.5. The van der Waals surface area contributed by atoms with E-state index in [-0.39, 0.29) is 16.4 Å². The van der Waals surface area contributed by atoms with E-state index in [1.807, 2.05) is 6.07 Å². The Hall–Kier alpha value is -2.11. The molecule has 4 nitrogen and oxygen atoms in total. The summed E-state index contributed by atoms with van der Waals surface area (Å²) in [6, 6.07) is 9.72. The first-order valence-electron chi connectivity index (χ1n) is 6.70. The second-order valence-corrected chi connectivity index (χ2v) is 5.64. The van der Waals surface area contributed by atoms with Gasteiger partial charge in [-0.3, -0.25) is 0 Å². The molecule has 7 heteroatoms. The second-order valence-electron chi connectivity index (χ2n) is 4.83. The van der Waals surface area contributed by atoms with Crippen LogP contribution in [-0.4, -0.2) is 21.9 Å².